The van der Waals surface area contributed by atoms with Crippen LogP contribution in [0, 0.1) is 6.92 Å². The van der Waals surface area contributed by atoms with Gasteiger partial charge in [0.15, 0.2) is 11.9 Å². The molecule has 1 aromatic heterocycles. The molecule has 3 aromatic carbocycles. The van der Waals surface area contributed by atoms with Crippen molar-refractivity contribution < 1.29 is 9.47 Å². The minimum Gasteiger partial charge on any atom is -0.494 e. The number of rotatable bonds is 9. The highest BCUT2D eigenvalue weighted by atomic mass is 35.5. The molecule has 0 bridgehead atoms. The molecule has 0 saturated heterocycles. The molecular formula is C26H27ClN2O2. The summed E-state index contributed by atoms with van der Waals surface area (Å²) in [6.07, 6.45) is 1.77. The third-order valence-corrected chi connectivity index (χ3v) is 5.46. The molecule has 1 atom stereocenters. The first-order valence-corrected chi connectivity index (χ1v) is 11.0. The predicted molar refractivity (Wildman–Crippen MR) is 126 cm³/mol. The van der Waals surface area contributed by atoms with Crippen LogP contribution in [0.2, 0.25) is 5.02 Å². The van der Waals surface area contributed by atoms with Crippen molar-refractivity contribution >= 4 is 22.6 Å². The lowest BCUT2D eigenvalue weighted by Crippen LogP contribution is -2.12. The third-order valence-electron chi connectivity index (χ3n) is 5.21. The van der Waals surface area contributed by atoms with E-state index in [4.69, 9.17) is 26.1 Å². The van der Waals surface area contributed by atoms with Gasteiger partial charge in [0, 0.05) is 11.6 Å². The maximum absolute atomic E-state index is 6.16. The average Bonchev–Trinajstić information content (AvgIpc) is 3.14. The summed E-state index contributed by atoms with van der Waals surface area (Å²) in [5, 5.41) is 0.695. The molecule has 0 amide bonds. The number of imidazole rings is 1. The lowest BCUT2D eigenvalue weighted by atomic mass is 10.2. The van der Waals surface area contributed by atoms with E-state index in [2.05, 4.69) is 35.8 Å². The molecule has 1 heterocycles. The fourth-order valence-electron chi connectivity index (χ4n) is 3.68. The van der Waals surface area contributed by atoms with E-state index in [-0.39, 0.29) is 6.10 Å². The summed E-state index contributed by atoms with van der Waals surface area (Å²) >= 11 is 5.99. The van der Waals surface area contributed by atoms with Crippen LogP contribution in [-0.2, 0) is 6.54 Å². The van der Waals surface area contributed by atoms with E-state index in [0.717, 1.165) is 47.7 Å². The van der Waals surface area contributed by atoms with Crippen LogP contribution in [-0.4, -0.2) is 16.2 Å². The molecule has 4 rings (SSSR count). The number of halogens is 1. The number of hydrogen-bond acceptors (Lipinski definition) is 3. The molecule has 0 spiro atoms. The summed E-state index contributed by atoms with van der Waals surface area (Å²) in [6, 6.07) is 23.8. The Kier molecular flexibility index (Phi) is 6.78. The van der Waals surface area contributed by atoms with E-state index in [1.54, 1.807) is 0 Å². The summed E-state index contributed by atoms with van der Waals surface area (Å²) < 4.78 is 14.3. The standard InChI is InChI=1S/C26H27ClN2O2/c1-19-8-7-9-23(18-19)30-17-6-5-16-29-25-11-4-3-10-24(25)28-26(29)20(2)31-22-14-12-21(27)13-15-22/h3-4,7-15,18,20H,5-6,16-17H2,1-2H3. The lowest BCUT2D eigenvalue weighted by Gasteiger charge is -2.17. The molecule has 0 saturated carbocycles. The summed E-state index contributed by atoms with van der Waals surface area (Å²) in [6.45, 7) is 5.67. The zero-order chi connectivity index (χ0) is 21.6. The smallest absolute Gasteiger partial charge is 0.153 e. The maximum atomic E-state index is 6.16. The number of fused-ring (bicyclic) bond motifs is 1. The van der Waals surface area contributed by atoms with Gasteiger partial charge in [0.05, 0.1) is 17.6 Å². The Morgan fingerprint density at radius 2 is 1.74 bits per heavy atom. The number of ether oxygens (including phenoxy) is 2. The fourth-order valence-corrected chi connectivity index (χ4v) is 3.80. The molecule has 0 aliphatic carbocycles. The van der Waals surface area contributed by atoms with Crippen molar-refractivity contribution in [1.82, 2.24) is 9.55 Å². The van der Waals surface area contributed by atoms with Crippen LogP contribution in [0.5, 0.6) is 11.5 Å². The van der Waals surface area contributed by atoms with E-state index in [1.165, 1.54) is 5.56 Å². The van der Waals surface area contributed by atoms with Crippen LogP contribution in [0.25, 0.3) is 11.0 Å². The molecule has 0 aliphatic heterocycles. The van der Waals surface area contributed by atoms with Gasteiger partial charge >= 0.3 is 0 Å². The molecule has 31 heavy (non-hydrogen) atoms. The summed E-state index contributed by atoms with van der Waals surface area (Å²) in [5.41, 5.74) is 3.32. The molecular weight excluding hydrogens is 408 g/mol. The van der Waals surface area contributed by atoms with Crippen molar-refractivity contribution in [1.29, 1.82) is 0 Å². The van der Waals surface area contributed by atoms with Crippen molar-refractivity contribution in [2.24, 2.45) is 0 Å². The first-order valence-electron chi connectivity index (χ1n) is 10.7. The Morgan fingerprint density at radius 3 is 2.55 bits per heavy atom. The van der Waals surface area contributed by atoms with Gasteiger partial charge in [-0.05, 0) is 80.8 Å². The maximum Gasteiger partial charge on any atom is 0.153 e. The highest BCUT2D eigenvalue weighted by Crippen LogP contribution is 2.26. The van der Waals surface area contributed by atoms with E-state index >= 15 is 0 Å². The van der Waals surface area contributed by atoms with E-state index < -0.39 is 0 Å². The summed E-state index contributed by atoms with van der Waals surface area (Å²) in [4.78, 5) is 4.86. The molecule has 0 fully saturated rings. The van der Waals surface area contributed by atoms with Gasteiger partial charge in [-0.2, -0.15) is 0 Å². The second kappa shape index (κ2) is 9.88. The van der Waals surface area contributed by atoms with Crippen LogP contribution < -0.4 is 9.47 Å². The van der Waals surface area contributed by atoms with Gasteiger partial charge in [-0.1, -0.05) is 35.9 Å². The van der Waals surface area contributed by atoms with Crippen molar-refractivity contribution in [2.75, 3.05) is 6.61 Å². The van der Waals surface area contributed by atoms with Gasteiger partial charge in [0.1, 0.15) is 11.5 Å². The van der Waals surface area contributed by atoms with Gasteiger partial charge in [0.2, 0.25) is 0 Å². The SMILES string of the molecule is Cc1cccc(OCCCCn2c(C(C)Oc3ccc(Cl)cc3)nc3ccccc32)c1. The predicted octanol–water partition coefficient (Wildman–Crippen LogP) is 7.00. The van der Waals surface area contributed by atoms with Crippen LogP contribution in [0.15, 0.2) is 72.8 Å². The minimum atomic E-state index is -0.183. The van der Waals surface area contributed by atoms with Crippen molar-refractivity contribution in [3.05, 3.63) is 89.2 Å². The van der Waals surface area contributed by atoms with E-state index in [9.17, 15) is 0 Å². The van der Waals surface area contributed by atoms with Gasteiger partial charge in [-0.25, -0.2) is 4.98 Å². The second-order valence-electron chi connectivity index (χ2n) is 7.70. The first-order chi connectivity index (χ1) is 15.1. The molecule has 0 radical (unpaired) electrons. The number of para-hydroxylation sites is 2. The Morgan fingerprint density at radius 1 is 0.935 bits per heavy atom. The van der Waals surface area contributed by atoms with Crippen LogP contribution in [0.3, 0.4) is 0 Å². The normalized spacial score (nSPS) is 12.1. The Balaban J connectivity index is 1.42. The lowest BCUT2D eigenvalue weighted by molar-refractivity contribution is 0.211. The average molecular weight is 435 g/mol. The number of hydrogen-bond donors (Lipinski definition) is 0. The van der Waals surface area contributed by atoms with Gasteiger partial charge in [-0.3, -0.25) is 0 Å². The van der Waals surface area contributed by atoms with Crippen LogP contribution in [0.4, 0.5) is 0 Å². The van der Waals surface area contributed by atoms with Crippen molar-refractivity contribution in [3.8, 4) is 11.5 Å². The minimum absolute atomic E-state index is 0.183. The second-order valence-corrected chi connectivity index (χ2v) is 8.13. The Bertz CT molecular complexity index is 1140. The number of aryl methyl sites for hydroxylation is 2. The topological polar surface area (TPSA) is 36.3 Å². The van der Waals surface area contributed by atoms with E-state index in [0.29, 0.717) is 11.6 Å². The highest BCUT2D eigenvalue weighted by molar-refractivity contribution is 6.30. The van der Waals surface area contributed by atoms with E-state index in [1.807, 2.05) is 55.5 Å². The first kappa shape index (κ1) is 21.3. The van der Waals surface area contributed by atoms with Gasteiger partial charge in [0.25, 0.3) is 0 Å². The molecule has 4 aromatic rings. The molecule has 0 N–H and O–H groups in total. The monoisotopic (exact) mass is 434 g/mol. The molecule has 0 aliphatic rings. The van der Waals surface area contributed by atoms with Crippen LogP contribution >= 0.6 is 11.6 Å². The molecule has 1 unspecified atom stereocenters. The van der Waals surface area contributed by atoms with Gasteiger partial charge in [-0.15, -0.1) is 0 Å². The zero-order valence-corrected chi connectivity index (χ0v) is 18.7. The number of benzene rings is 3. The van der Waals surface area contributed by atoms with Crippen LogP contribution in [0.1, 0.15) is 37.3 Å². The fraction of sp³-hybridized carbons (Fsp3) is 0.269. The van der Waals surface area contributed by atoms with Crippen molar-refractivity contribution in [2.45, 2.75) is 39.3 Å². The highest BCUT2D eigenvalue weighted by Gasteiger charge is 2.18. The zero-order valence-electron chi connectivity index (χ0n) is 17.9. The molecule has 5 heteroatoms. The largest absolute Gasteiger partial charge is 0.494 e. The van der Waals surface area contributed by atoms with Gasteiger partial charge < -0.3 is 14.0 Å². The number of aromatic nitrogens is 2. The number of unbranched alkanes of at least 4 members (excludes halogenated alkanes) is 1. The Labute approximate surface area is 188 Å². The Hall–Kier alpha value is -2.98. The number of nitrogens with zero attached hydrogens (tertiary/aromatic N) is 2. The summed E-state index contributed by atoms with van der Waals surface area (Å²) in [7, 11) is 0. The third kappa shape index (κ3) is 5.39. The quantitative estimate of drug-likeness (QED) is 0.266. The molecule has 160 valence electrons. The molecule has 4 nitrogen and oxygen atoms in total. The summed E-state index contributed by atoms with van der Waals surface area (Å²) in [5.74, 6) is 2.64. The van der Waals surface area contributed by atoms with Crippen molar-refractivity contribution in [3.63, 3.8) is 0 Å².